The van der Waals surface area contributed by atoms with E-state index in [4.69, 9.17) is 4.74 Å². The van der Waals surface area contributed by atoms with Crippen LogP contribution in [0, 0.1) is 0 Å². The molecule has 0 aromatic heterocycles. The smallest absolute Gasteiger partial charge is 0.275 e. The Labute approximate surface area is 137 Å². The number of aliphatic hydroxyl groups is 2. The van der Waals surface area contributed by atoms with E-state index in [1.165, 1.54) is 6.92 Å². The third kappa shape index (κ3) is 11.0. The van der Waals surface area contributed by atoms with Crippen molar-refractivity contribution in [2.45, 2.75) is 97.1 Å². The summed E-state index contributed by atoms with van der Waals surface area (Å²) in [6.45, 7) is 7.68. The minimum Gasteiger partial charge on any atom is -0.344 e. The second-order valence-corrected chi connectivity index (χ2v) is 6.16. The second kappa shape index (κ2) is 11.9. The van der Waals surface area contributed by atoms with Gasteiger partial charge in [-0.15, -0.1) is 0 Å². The van der Waals surface area contributed by atoms with E-state index in [0.717, 1.165) is 57.8 Å². The van der Waals surface area contributed by atoms with Gasteiger partial charge in [0.1, 0.15) is 0 Å². The molecule has 3 nitrogen and oxygen atoms in total. The van der Waals surface area contributed by atoms with Gasteiger partial charge in [0, 0.05) is 6.92 Å². The van der Waals surface area contributed by atoms with Crippen LogP contribution in [0.4, 0.5) is 0 Å². The van der Waals surface area contributed by atoms with Gasteiger partial charge in [0.2, 0.25) is 0 Å². The molecule has 22 heavy (non-hydrogen) atoms. The van der Waals surface area contributed by atoms with Crippen LogP contribution >= 0.6 is 0 Å². The standard InChI is InChI=1S/C19H36O3/c1-5-8-11-13-16-19(15-10-7-3,22-18(4,20)21)17-14-12-9-6-2/h8-9,11-12,20-21H,5-7,10,13-17H2,1-4H3. The van der Waals surface area contributed by atoms with Gasteiger partial charge in [-0.2, -0.15) is 0 Å². The summed E-state index contributed by atoms with van der Waals surface area (Å²) in [4.78, 5) is 0. The van der Waals surface area contributed by atoms with Gasteiger partial charge in [-0.3, -0.25) is 0 Å². The highest BCUT2D eigenvalue weighted by atomic mass is 16.8. The Morgan fingerprint density at radius 2 is 1.32 bits per heavy atom. The van der Waals surface area contributed by atoms with Crippen molar-refractivity contribution < 1.29 is 14.9 Å². The number of hydrogen-bond donors (Lipinski definition) is 2. The molecule has 0 saturated carbocycles. The van der Waals surface area contributed by atoms with Gasteiger partial charge in [-0.1, -0.05) is 57.9 Å². The maximum Gasteiger partial charge on any atom is 0.275 e. The van der Waals surface area contributed by atoms with Crippen molar-refractivity contribution in [3.05, 3.63) is 24.3 Å². The average molecular weight is 312 g/mol. The summed E-state index contributed by atoms with van der Waals surface area (Å²) in [5.41, 5.74) is -0.468. The molecule has 0 aliphatic heterocycles. The zero-order valence-electron chi connectivity index (χ0n) is 15.0. The Morgan fingerprint density at radius 1 is 0.818 bits per heavy atom. The van der Waals surface area contributed by atoms with Crippen LogP contribution in [0.5, 0.6) is 0 Å². The fraction of sp³-hybridized carbons (Fsp3) is 0.789. The second-order valence-electron chi connectivity index (χ2n) is 6.16. The van der Waals surface area contributed by atoms with Gasteiger partial charge in [0.15, 0.2) is 0 Å². The zero-order valence-corrected chi connectivity index (χ0v) is 15.0. The predicted octanol–water partition coefficient (Wildman–Crippen LogP) is 5.08. The molecule has 0 spiro atoms. The molecule has 2 N–H and O–H groups in total. The van der Waals surface area contributed by atoms with E-state index in [0.29, 0.717) is 0 Å². The third-order valence-electron chi connectivity index (χ3n) is 3.73. The average Bonchev–Trinajstić information content (AvgIpc) is 2.44. The number of allylic oxidation sites excluding steroid dienone is 4. The Kier molecular flexibility index (Phi) is 11.5. The lowest BCUT2D eigenvalue weighted by Crippen LogP contribution is -2.43. The van der Waals surface area contributed by atoms with Crippen molar-refractivity contribution in [2.24, 2.45) is 0 Å². The van der Waals surface area contributed by atoms with Crippen molar-refractivity contribution in [2.75, 3.05) is 0 Å². The highest BCUT2D eigenvalue weighted by Crippen LogP contribution is 2.33. The first-order valence-electron chi connectivity index (χ1n) is 8.84. The molecule has 0 radical (unpaired) electrons. The molecule has 0 aromatic carbocycles. The summed E-state index contributed by atoms with van der Waals surface area (Å²) < 4.78 is 5.73. The molecule has 130 valence electrons. The lowest BCUT2D eigenvalue weighted by molar-refractivity contribution is -0.368. The van der Waals surface area contributed by atoms with Gasteiger partial charge >= 0.3 is 0 Å². The van der Waals surface area contributed by atoms with E-state index in [1.807, 2.05) is 0 Å². The highest BCUT2D eigenvalue weighted by Gasteiger charge is 2.35. The largest absolute Gasteiger partial charge is 0.344 e. The highest BCUT2D eigenvalue weighted by molar-refractivity contribution is 4.91. The molecule has 0 fully saturated rings. The summed E-state index contributed by atoms with van der Waals surface area (Å²) in [6.07, 6.45) is 17.1. The molecular formula is C19H36O3. The third-order valence-corrected chi connectivity index (χ3v) is 3.73. The molecule has 0 unspecified atom stereocenters. The van der Waals surface area contributed by atoms with Gasteiger partial charge in [-0.05, 0) is 44.9 Å². The van der Waals surface area contributed by atoms with E-state index >= 15 is 0 Å². The van der Waals surface area contributed by atoms with E-state index in [2.05, 4.69) is 45.1 Å². The Balaban J connectivity index is 4.94. The Bertz CT molecular complexity index is 295. The maximum absolute atomic E-state index is 9.76. The molecule has 3 heteroatoms. The van der Waals surface area contributed by atoms with E-state index in [1.54, 1.807) is 0 Å². The quantitative estimate of drug-likeness (QED) is 0.368. The van der Waals surface area contributed by atoms with Crippen molar-refractivity contribution >= 4 is 0 Å². The SMILES string of the molecule is CCC=CCCC(CCC=CCC)(CCCC)OC(C)(O)O. The van der Waals surface area contributed by atoms with Crippen molar-refractivity contribution in [1.29, 1.82) is 0 Å². The summed E-state index contributed by atoms with van der Waals surface area (Å²) >= 11 is 0. The number of unbranched alkanes of at least 4 members (excludes halogenated alkanes) is 1. The normalized spacial score (nSPS) is 15.7. The summed E-state index contributed by atoms with van der Waals surface area (Å²) in [7, 11) is 0. The van der Waals surface area contributed by atoms with Crippen molar-refractivity contribution in [3.63, 3.8) is 0 Å². The minimum absolute atomic E-state index is 0.468. The van der Waals surface area contributed by atoms with Gasteiger partial charge in [0.25, 0.3) is 5.97 Å². The fourth-order valence-electron chi connectivity index (χ4n) is 2.70. The van der Waals surface area contributed by atoms with Gasteiger partial charge in [-0.25, -0.2) is 0 Å². The van der Waals surface area contributed by atoms with Crippen LogP contribution in [0.15, 0.2) is 24.3 Å². The van der Waals surface area contributed by atoms with Crippen LogP contribution in [0.25, 0.3) is 0 Å². The maximum atomic E-state index is 9.76. The summed E-state index contributed by atoms with van der Waals surface area (Å²) in [5.74, 6) is -2.07. The predicted molar refractivity (Wildman–Crippen MR) is 93.5 cm³/mol. The fourth-order valence-corrected chi connectivity index (χ4v) is 2.70. The molecule has 0 bridgehead atoms. The molecule has 0 heterocycles. The lowest BCUT2D eigenvalue weighted by Gasteiger charge is -2.38. The summed E-state index contributed by atoms with van der Waals surface area (Å²) in [6, 6.07) is 0. The lowest BCUT2D eigenvalue weighted by atomic mass is 9.86. The molecule has 0 aromatic rings. The zero-order chi connectivity index (χ0) is 16.9. The molecule has 0 saturated heterocycles. The van der Waals surface area contributed by atoms with Crippen LogP contribution in [-0.2, 0) is 4.74 Å². The minimum atomic E-state index is -2.07. The number of ether oxygens (including phenoxy) is 1. The molecule has 0 aliphatic rings. The van der Waals surface area contributed by atoms with Crippen LogP contribution in [-0.4, -0.2) is 21.8 Å². The van der Waals surface area contributed by atoms with E-state index in [9.17, 15) is 10.2 Å². The first-order chi connectivity index (χ1) is 10.4. The molecule has 0 rings (SSSR count). The molecule has 0 atom stereocenters. The van der Waals surface area contributed by atoms with Gasteiger partial charge in [0.05, 0.1) is 5.60 Å². The topological polar surface area (TPSA) is 49.7 Å². The Hall–Kier alpha value is -0.640. The number of rotatable bonds is 13. The van der Waals surface area contributed by atoms with E-state index < -0.39 is 11.6 Å². The monoisotopic (exact) mass is 312 g/mol. The number of hydrogen-bond acceptors (Lipinski definition) is 3. The molecular weight excluding hydrogens is 276 g/mol. The molecule has 0 aliphatic carbocycles. The van der Waals surface area contributed by atoms with Crippen molar-refractivity contribution in [1.82, 2.24) is 0 Å². The van der Waals surface area contributed by atoms with Crippen molar-refractivity contribution in [3.8, 4) is 0 Å². The van der Waals surface area contributed by atoms with Crippen LogP contribution in [0.2, 0.25) is 0 Å². The molecule has 0 amide bonds. The Morgan fingerprint density at radius 3 is 1.68 bits per heavy atom. The van der Waals surface area contributed by atoms with Crippen LogP contribution < -0.4 is 0 Å². The first-order valence-corrected chi connectivity index (χ1v) is 8.84. The van der Waals surface area contributed by atoms with Crippen LogP contribution in [0.3, 0.4) is 0 Å². The first kappa shape index (κ1) is 21.4. The van der Waals surface area contributed by atoms with E-state index in [-0.39, 0.29) is 0 Å². The van der Waals surface area contributed by atoms with Crippen LogP contribution in [0.1, 0.15) is 85.5 Å². The van der Waals surface area contributed by atoms with Gasteiger partial charge < -0.3 is 14.9 Å². The summed E-state index contributed by atoms with van der Waals surface area (Å²) in [5, 5.41) is 19.5.